The second-order valence-corrected chi connectivity index (χ2v) is 7.49. The average Bonchev–Trinajstić information content (AvgIpc) is 2.64. The van der Waals surface area contributed by atoms with Crippen molar-refractivity contribution in [3.05, 3.63) is 17.6 Å². The van der Waals surface area contributed by atoms with E-state index in [2.05, 4.69) is 0 Å². The van der Waals surface area contributed by atoms with Crippen LogP contribution >= 0.6 is 10.7 Å². The largest absolute Gasteiger partial charge is 0.455 e. The van der Waals surface area contributed by atoms with Gasteiger partial charge in [0.2, 0.25) is 0 Å². The Morgan fingerprint density at radius 3 is 2.58 bits per heavy atom. The first-order chi connectivity index (χ1) is 8.79. The van der Waals surface area contributed by atoms with Crippen LogP contribution in [0.1, 0.15) is 35.6 Å². The highest BCUT2D eigenvalue weighted by atomic mass is 35.7. The van der Waals surface area contributed by atoms with Crippen LogP contribution in [0.5, 0.6) is 0 Å². The molecule has 0 aliphatic heterocycles. The van der Waals surface area contributed by atoms with E-state index in [0.29, 0.717) is 12.5 Å². The molecule has 2 rings (SSSR count). The van der Waals surface area contributed by atoms with Gasteiger partial charge < -0.3 is 9.32 Å². The van der Waals surface area contributed by atoms with Crippen LogP contribution < -0.4 is 0 Å². The molecule has 1 aliphatic rings. The highest BCUT2D eigenvalue weighted by Crippen LogP contribution is 2.28. The van der Waals surface area contributed by atoms with Crippen LogP contribution in [0.3, 0.4) is 0 Å². The van der Waals surface area contributed by atoms with E-state index in [1.54, 1.807) is 11.9 Å². The molecule has 0 aromatic carbocycles. The molecule has 1 aliphatic carbocycles. The Balaban J connectivity index is 2.15. The van der Waals surface area contributed by atoms with Gasteiger partial charge in [-0.25, -0.2) is 8.42 Å². The normalized spacial score (nSPS) is 16.2. The smallest absolute Gasteiger partial charge is 0.289 e. The Bertz CT molecular complexity index is 589. The van der Waals surface area contributed by atoms with E-state index in [0.717, 1.165) is 12.8 Å². The number of furan rings is 1. The minimum absolute atomic E-state index is 0.0125. The molecule has 0 bridgehead atoms. The molecule has 1 saturated carbocycles. The van der Waals surface area contributed by atoms with Crippen molar-refractivity contribution in [2.24, 2.45) is 5.92 Å². The molecule has 0 N–H and O–H groups in total. The minimum atomic E-state index is -3.88. The second-order valence-electron chi connectivity index (χ2n) is 4.95. The number of carbonyl (C=O) groups is 1. The van der Waals surface area contributed by atoms with Gasteiger partial charge in [0.15, 0.2) is 5.76 Å². The molecule has 0 radical (unpaired) electrons. The average molecular weight is 306 g/mol. The van der Waals surface area contributed by atoms with E-state index in [4.69, 9.17) is 15.1 Å². The number of amides is 1. The number of carbonyl (C=O) groups excluding carboxylic acids is 1. The third-order valence-electron chi connectivity index (χ3n) is 3.45. The molecular weight excluding hydrogens is 290 g/mol. The SMILES string of the molecule is Cc1oc(C(=O)N(C)CC2CCC2)cc1S(=O)(=O)Cl. The summed E-state index contributed by atoms with van der Waals surface area (Å²) in [5, 5.41) is 0. The quantitative estimate of drug-likeness (QED) is 0.801. The number of nitrogens with zero attached hydrogens (tertiary/aromatic N) is 1. The Hall–Kier alpha value is -1.01. The molecule has 1 aromatic heterocycles. The lowest BCUT2D eigenvalue weighted by Gasteiger charge is -2.29. The maximum atomic E-state index is 12.1. The third kappa shape index (κ3) is 3.12. The molecule has 19 heavy (non-hydrogen) atoms. The lowest BCUT2D eigenvalue weighted by atomic mass is 9.85. The van der Waals surface area contributed by atoms with Crippen molar-refractivity contribution in [2.75, 3.05) is 13.6 Å². The lowest BCUT2D eigenvalue weighted by molar-refractivity contribution is 0.0712. The van der Waals surface area contributed by atoms with Gasteiger partial charge in [-0.2, -0.15) is 0 Å². The number of hydrogen-bond acceptors (Lipinski definition) is 4. The van der Waals surface area contributed by atoms with Crippen molar-refractivity contribution in [1.82, 2.24) is 4.90 Å². The summed E-state index contributed by atoms with van der Waals surface area (Å²) in [5.41, 5.74) is 0. The molecule has 7 heteroatoms. The molecule has 1 heterocycles. The topological polar surface area (TPSA) is 67.6 Å². The Morgan fingerprint density at radius 2 is 2.16 bits per heavy atom. The zero-order valence-corrected chi connectivity index (χ0v) is 12.4. The zero-order chi connectivity index (χ0) is 14.2. The van der Waals surface area contributed by atoms with Crippen LogP contribution in [0.4, 0.5) is 0 Å². The Morgan fingerprint density at radius 1 is 1.53 bits per heavy atom. The summed E-state index contributed by atoms with van der Waals surface area (Å²) in [6.07, 6.45) is 3.48. The molecule has 0 saturated heterocycles. The van der Waals surface area contributed by atoms with Crippen LogP contribution in [0, 0.1) is 12.8 Å². The number of aryl methyl sites for hydroxylation is 1. The van der Waals surface area contributed by atoms with E-state index in [9.17, 15) is 13.2 Å². The molecular formula is C12H16ClNO4S. The number of halogens is 1. The predicted octanol–water partition coefficient (Wildman–Crippen LogP) is 2.39. The molecule has 1 aromatic rings. The van der Waals surface area contributed by atoms with Gasteiger partial charge in [0.25, 0.3) is 15.0 Å². The maximum Gasteiger partial charge on any atom is 0.289 e. The van der Waals surface area contributed by atoms with Crippen molar-refractivity contribution >= 4 is 25.6 Å². The van der Waals surface area contributed by atoms with Crippen molar-refractivity contribution < 1.29 is 17.6 Å². The van der Waals surface area contributed by atoms with Gasteiger partial charge in [0.05, 0.1) is 0 Å². The van der Waals surface area contributed by atoms with Crippen LogP contribution in [0.25, 0.3) is 0 Å². The van der Waals surface area contributed by atoms with Crippen molar-refractivity contribution in [2.45, 2.75) is 31.1 Å². The molecule has 106 valence electrons. The monoisotopic (exact) mass is 305 g/mol. The minimum Gasteiger partial charge on any atom is -0.455 e. The molecule has 5 nitrogen and oxygen atoms in total. The number of rotatable bonds is 4. The van der Waals surface area contributed by atoms with Crippen LogP contribution in [-0.4, -0.2) is 32.8 Å². The number of hydrogen-bond donors (Lipinski definition) is 0. The Kier molecular flexibility index (Phi) is 3.92. The van der Waals surface area contributed by atoms with Gasteiger partial charge in [-0.3, -0.25) is 4.79 Å². The fraction of sp³-hybridized carbons (Fsp3) is 0.583. The van der Waals surface area contributed by atoms with Crippen LogP contribution in [-0.2, 0) is 9.05 Å². The van der Waals surface area contributed by atoms with Crippen molar-refractivity contribution in [1.29, 1.82) is 0 Å². The molecule has 0 atom stereocenters. The summed E-state index contributed by atoms with van der Waals surface area (Å²) in [7, 11) is 3.07. The van der Waals surface area contributed by atoms with Gasteiger partial charge >= 0.3 is 0 Å². The Labute approximate surface area is 116 Å². The first kappa shape index (κ1) is 14.4. The maximum absolute atomic E-state index is 12.1. The fourth-order valence-electron chi connectivity index (χ4n) is 2.15. The summed E-state index contributed by atoms with van der Waals surface area (Å²) in [6.45, 7) is 2.14. The second kappa shape index (κ2) is 5.17. The zero-order valence-electron chi connectivity index (χ0n) is 10.8. The molecule has 1 fully saturated rings. The van der Waals surface area contributed by atoms with Gasteiger partial charge in [0.1, 0.15) is 10.7 Å². The van der Waals surface area contributed by atoms with Gasteiger partial charge in [-0.15, -0.1) is 0 Å². The third-order valence-corrected chi connectivity index (χ3v) is 4.88. The summed E-state index contributed by atoms with van der Waals surface area (Å²) in [5.74, 6) is 0.372. The van der Waals surface area contributed by atoms with E-state index in [1.165, 1.54) is 19.4 Å². The van der Waals surface area contributed by atoms with E-state index in [-0.39, 0.29) is 22.3 Å². The van der Waals surface area contributed by atoms with Gasteiger partial charge in [-0.05, 0) is 25.7 Å². The van der Waals surface area contributed by atoms with Crippen molar-refractivity contribution in [3.63, 3.8) is 0 Å². The highest BCUT2D eigenvalue weighted by molar-refractivity contribution is 8.13. The van der Waals surface area contributed by atoms with E-state index in [1.807, 2.05) is 0 Å². The van der Waals surface area contributed by atoms with Gasteiger partial charge in [-0.1, -0.05) is 6.42 Å². The van der Waals surface area contributed by atoms with Crippen molar-refractivity contribution in [3.8, 4) is 0 Å². The standard InChI is InChI=1S/C12H16ClNO4S/c1-8-11(19(13,16)17)6-10(18-8)12(15)14(2)7-9-4-3-5-9/h6,9H,3-5,7H2,1-2H3. The lowest BCUT2D eigenvalue weighted by Crippen LogP contribution is -2.34. The predicted molar refractivity (Wildman–Crippen MR) is 70.8 cm³/mol. The van der Waals surface area contributed by atoms with Gasteiger partial charge in [0, 0.05) is 30.3 Å². The summed E-state index contributed by atoms with van der Waals surface area (Å²) in [6, 6.07) is 1.19. The first-order valence-corrected chi connectivity index (χ1v) is 8.40. The first-order valence-electron chi connectivity index (χ1n) is 6.09. The summed E-state index contributed by atoms with van der Waals surface area (Å²) >= 11 is 0. The van der Waals surface area contributed by atoms with Crippen LogP contribution in [0.2, 0.25) is 0 Å². The molecule has 0 unspecified atom stereocenters. The molecule has 0 spiro atoms. The summed E-state index contributed by atoms with van der Waals surface area (Å²) in [4.78, 5) is 13.5. The molecule has 1 amide bonds. The van der Waals surface area contributed by atoms with E-state index >= 15 is 0 Å². The van der Waals surface area contributed by atoms with Crippen LogP contribution in [0.15, 0.2) is 15.4 Å². The van der Waals surface area contributed by atoms with E-state index < -0.39 is 9.05 Å². The fourth-order valence-corrected chi connectivity index (χ4v) is 3.24. The highest BCUT2D eigenvalue weighted by Gasteiger charge is 2.26. The summed E-state index contributed by atoms with van der Waals surface area (Å²) < 4.78 is 27.7.